The molecular weight excluding hydrogens is 272 g/mol. The van der Waals surface area contributed by atoms with E-state index >= 15 is 0 Å². The smallest absolute Gasteiger partial charge is 0.0431 e. The first-order chi connectivity index (χ1) is 10.7. The fourth-order valence-corrected chi connectivity index (χ4v) is 3.57. The fourth-order valence-electron chi connectivity index (χ4n) is 3.57. The molecule has 2 fully saturated rings. The van der Waals surface area contributed by atoms with Crippen LogP contribution >= 0.6 is 0 Å². The zero-order valence-corrected chi connectivity index (χ0v) is 15.4. The van der Waals surface area contributed by atoms with Crippen molar-refractivity contribution in [2.45, 2.75) is 64.7 Å². The number of rotatable bonds is 6. The summed E-state index contributed by atoms with van der Waals surface area (Å²) in [5.41, 5.74) is 0. The van der Waals surface area contributed by atoms with Crippen LogP contribution in [-0.2, 0) is 0 Å². The van der Waals surface area contributed by atoms with E-state index in [4.69, 9.17) is 5.11 Å². The normalized spacial score (nSPS) is 22.4. The highest BCUT2D eigenvalue weighted by molar-refractivity contribution is 4.70. The van der Waals surface area contributed by atoms with Crippen molar-refractivity contribution < 1.29 is 5.11 Å². The summed E-state index contributed by atoms with van der Waals surface area (Å²) in [6.07, 6.45) is 12.0. The van der Waals surface area contributed by atoms with Crippen LogP contribution in [0.25, 0.3) is 0 Å². The molecule has 2 saturated heterocycles. The molecule has 0 aliphatic carbocycles. The molecule has 0 bridgehead atoms. The molecule has 3 nitrogen and oxygen atoms in total. The van der Waals surface area contributed by atoms with Crippen LogP contribution in [0.15, 0.2) is 0 Å². The lowest BCUT2D eigenvalue weighted by atomic mass is 9.92. The Kier molecular flexibility index (Phi) is 11.2. The Bertz CT molecular complexity index is 212. The summed E-state index contributed by atoms with van der Waals surface area (Å²) in [6.45, 7) is 7.80. The van der Waals surface area contributed by atoms with Crippen molar-refractivity contribution in [1.82, 2.24) is 9.80 Å². The van der Waals surface area contributed by atoms with Crippen molar-refractivity contribution in [3.63, 3.8) is 0 Å². The molecule has 2 aliphatic rings. The van der Waals surface area contributed by atoms with Crippen molar-refractivity contribution in [2.75, 3.05) is 46.9 Å². The molecule has 132 valence electrons. The average Bonchev–Trinajstić information content (AvgIpc) is 2.54. The number of likely N-dealkylation sites (tertiary alicyclic amines) is 2. The lowest BCUT2D eigenvalue weighted by Gasteiger charge is -2.28. The molecule has 0 amide bonds. The van der Waals surface area contributed by atoms with Gasteiger partial charge in [0.2, 0.25) is 0 Å². The van der Waals surface area contributed by atoms with Gasteiger partial charge in [0.15, 0.2) is 0 Å². The Balaban J connectivity index is 0.000000220. The number of aliphatic hydroxyl groups is 1. The Morgan fingerprint density at radius 3 is 1.55 bits per heavy atom. The van der Waals surface area contributed by atoms with Crippen LogP contribution < -0.4 is 0 Å². The first kappa shape index (κ1) is 19.9. The Morgan fingerprint density at radius 2 is 1.18 bits per heavy atom. The molecule has 0 aromatic carbocycles. The SMILES string of the molecule is CCCCC1CCN(C)CC1.CN1CCC(CCCO)CC1. The van der Waals surface area contributed by atoms with Gasteiger partial charge >= 0.3 is 0 Å². The lowest BCUT2D eigenvalue weighted by molar-refractivity contribution is 0.197. The minimum atomic E-state index is 0.367. The highest BCUT2D eigenvalue weighted by atomic mass is 16.2. The molecule has 3 heteroatoms. The van der Waals surface area contributed by atoms with Gasteiger partial charge in [-0.2, -0.15) is 0 Å². The molecular formula is C19H40N2O. The van der Waals surface area contributed by atoms with Crippen LogP contribution in [0.2, 0.25) is 0 Å². The van der Waals surface area contributed by atoms with Gasteiger partial charge in [0.1, 0.15) is 0 Å². The van der Waals surface area contributed by atoms with Crippen LogP contribution in [-0.4, -0.2) is 61.8 Å². The van der Waals surface area contributed by atoms with E-state index in [2.05, 4.69) is 30.8 Å². The van der Waals surface area contributed by atoms with Gasteiger partial charge in [-0.3, -0.25) is 0 Å². The monoisotopic (exact) mass is 312 g/mol. The highest BCUT2D eigenvalue weighted by Gasteiger charge is 2.16. The first-order valence-corrected chi connectivity index (χ1v) is 9.63. The van der Waals surface area contributed by atoms with Gasteiger partial charge in [0.05, 0.1) is 0 Å². The van der Waals surface area contributed by atoms with Crippen LogP contribution in [0.3, 0.4) is 0 Å². The summed E-state index contributed by atoms with van der Waals surface area (Å²) in [4.78, 5) is 4.83. The zero-order valence-electron chi connectivity index (χ0n) is 15.4. The predicted molar refractivity (Wildman–Crippen MR) is 96.3 cm³/mol. The maximum atomic E-state index is 8.64. The van der Waals surface area contributed by atoms with Gasteiger partial charge in [0, 0.05) is 6.61 Å². The van der Waals surface area contributed by atoms with Crippen LogP contribution in [0.5, 0.6) is 0 Å². The van der Waals surface area contributed by atoms with Crippen LogP contribution in [0, 0.1) is 11.8 Å². The number of nitrogens with zero attached hydrogens (tertiary/aromatic N) is 2. The summed E-state index contributed by atoms with van der Waals surface area (Å²) < 4.78 is 0. The molecule has 2 rings (SSSR count). The maximum Gasteiger partial charge on any atom is 0.0431 e. The van der Waals surface area contributed by atoms with E-state index in [9.17, 15) is 0 Å². The molecule has 0 radical (unpaired) electrons. The van der Waals surface area contributed by atoms with Crippen LogP contribution in [0.1, 0.15) is 64.7 Å². The number of unbranched alkanes of at least 4 members (excludes halogenated alkanes) is 1. The molecule has 0 aromatic rings. The second-order valence-electron chi connectivity index (χ2n) is 7.50. The van der Waals surface area contributed by atoms with Gasteiger partial charge in [-0.15, -0.1) is 0 Å². The summed E-state index contributed by atoms with van der Waals surface area (Å²) in [7, 11) is 4.41. The van der Waals surface area contributed by atoms with E-state index in [0.717, 1.165) is 18.3 Å². The zero-order chi connectivity index (χ0) is 16.2. The van der Waals surface area contributed by atoms with E-state index in [-0.39, 0.29) is 0 Å². The molecule has 2 aliphatic heterocycles. The van der Waals surface area contributed by atoms with E-state index in [1.807, 2.05) is 0 Å². The largest absolute Gasteiger partial charge is 0.396 e. The molecule has 0 unspecified atom stereocenters. The van der Waals surface area contributed by atoms with Gasteiger partial charge in [0.25, 0.3) is 0 Å². The van der Waals surface area contributed by atoms with E-state index in [1.165, 1.54) is 77.5 Å². The minimum Gasteiger partial charge on any atom is -0.396 e. The number of hydrogen-bond acceptors (Lipinski definition) is 3. The van der Waals surface area contributed by atoms with Gasteiger partial charge in [-0.1, -0.05) is 26.2 Å². The van der Waals surface area contributed by atoms with Crippen LogP contribution in [0.4, 0.5) is 0 Å². The van der Waals surface area contributed by atoms with Crippen molar-refractivity contribution in [3.05, 3.63) is 0 Å². The fraction of sp³-hybridized carbons (Fsp3) is 1.00. The second kappa shape index (κ2) is 12.3. The quantitative estimate of drug-likeness (QED) is 0.811. The second-order valence-corrected chi connectivity index (χ2v) is 7.50. The maximum absolute atomic E-state index is 8.64. The third-order valence-corrected chi connectivity index (χ3v) is 5.41. The Hall–Kier alpha value is -0.120. The standard InChI is InChI=1S/C10H21N.C9H19NO/c1-3-4-5-10-6-8-11(2)9-7-10;1-10-6-4-9(5-7-10)3-2-8-11/h10H,3-9H2,1-2H3;9,11H,2-8H2,1H3. The Labute approximate surface area is 139 Å². The molecule has 0 aromatic heterocycles. The summed E-state index contributed by atoms with van der Waals surface area (Å²) in [6, 6.07) is 0. The molecule has 0 atom stereocenters. The van der Waals surface area contributed by atoms with E-state index in [0.29, 0.717) is 6.61 Å². The van der Waals surface area contributed by atoms with E-state index < -0.39 is 0 Å². The number of aliphatic hydroxyl groups excluding tert-OH is 1. The van der Waals surface area contributed by atoms with Gasteiger partial charge in [-0.25, -0.2) is 0 Å². The minimum absolute atomic E-state index is 0.367. The third kappa shape index (κ3) is 9.12. The first-order valence-electron chi connectivity index (χ1n) is 9.63. The number of piperidine rings is 2. The highest BCUT2D eigenvalue weighted by Crippen LogP contribution is 2.21. The van der Waals surface area contributed by atoms with Gasteiger partial charge in [-0.05, 0) is 90.6 Å². The van der Waals surface area contributed by atoms with Gasteiger partial charge < -0.3 is 14.9 Å². The number of hydrogen-bond donors (Lipinski definition) is 1. The molecule has 1 N–H and O–H groups in total. The molecule has 2 heterocycles. The summed E-state index contributed by atoms with van der Waals surface area (Å²) in [5.74, 6) is 1.93. The van der Waals surface area contributed by atoms with Crippen molar-refractivity contribution in [1.29, 1.82) is 0 Å². The predicted octanol–water partition coefficient (Wildman–Crippen LogP) is 3.62. The topological polar surface area (TPSA) is 26.7 Å². The molecule has 22 heavy (non-hydrogen) atoms. The average molecular weight is 313 g/mol. The van der Waals surface area contributed by atoms with E-state index in [1.54, 1.807) is 0 Å². The van der Waals surface area contributed by atoms with Crippen molar-refractivity contribution >= 4 is 0 Å². The molecule has 0 saturated carbocycles. The third-order valence-electron chi connectivity index (χ3n) is 5.41. The van der Waals surface area contributed by atoms with Crippen molar-refractivity contribution in [2.24, 2.45) is 11.8 Å². The Morgan fingerprint density at radius 1 is 0.773 bits per heavy atom. The molecule has 0 spiro atoms. The summed E-state index contributed by atoms with van der Waals surface area (Å²) in [5, 5.41) is 8.64. The lowest BCUT2D eigenvalue weighted by Crippen LogP contribution is -2.30. The van der Waals surface area contributed by atoms with Crippen molar-refractivity contribution in [3.8, 4) is 0 Å². The summed E-state index contributed by atoms with van der Waals surface area (Å²) >= 11 is 0.